The molecule has 26 heavy (non-hydrogen) atoms. The summed E-state index contributed by atoms with van der Waals surface area (Å²) >= 11 is 0. The molecule has 4 heterocycles. The van der Waals surface area contributed by atoms with Gasteiger partial charge in [-0.25, -0.2) is 0 Å². The zero-order valence-electron chi connectivity index (χ0n) is 15.2. The lowest BCUT2D eigenvalue weighted by Gasteiger charge is -2.35. The van der Waals surface area contributed by atoms with Crippen molar-refractivity contribution in [3.8, 4) is 11.5 Å². The average Bonchev–Trinajstić information content (AvgIpc) is 2.93. The van der Waals surface area contributed by atoms with Crippen molar-refractivity contribution >= 4 is 11.8 Å². The average molecular weight is 356 g/mol. The van der Waals surface area contributed by atoms with Crippen LogP contribution < -0.4 is 9.47 Å². The van der Waals surface area contributed by atoms with Crippen molar-refractivity contribution in [3.63, 3.8) is 0 Å². The van der Waals surface area contributed by atoms with Gasteiger partial charge in [-0.1, -0.05) is 11.6 Å². The number of hydrogen-bond acceptors (Lipinski definition) is 4. The molecule has 6 nitrogen and oxygen atoms in total. The first kappa shape index (κ1) is 16.9. The van der Waals surface area contributed by atoms with Crippen LogP contribution in [0.15, 0.2) is 29.8 Å². The summed E-state index contributed by atoms with van der Waals surface area (Å²) in [5.74, 6) is 1.31. The van der Waals surface area contributed by atoms with Gasteiger partial charge in [0.1, 0.15) is 0 Å². The van der Waals surface area contributed by atoms with E-state index >= 15 is 0 Å². The number of rotatable bonds is 3. The van der Waals surface area contributed by atoms with Crippen molar-refractivity contribution in [3.05, 3.63) is 35.4 Å². The number of nitrogens with zero attached hydrogens (tertiary/aromatic N) is 2. The Hall–Kier alpha value is -2.50. The molecule has 0 aromatic heterocycles. The Kier molecular flexibility index (Phi) is 4.34. The highest BCUT2D eigenvalue weighted by Gasteiger charge is 2.41. The molecule has 2 bridgehead atoms. The number of allylic oxidation sites excluding steroid dienone is 1. The standard InChI is InChI=1S/C20H24N2O4/c1-13(2)7-8-22-16-5-3-15(20(22)24)10-21(11-16)19(23)14-4-6-17-18(9-14)26-12-25-17/h4,6-7,9,15-16H,3,5,8,10-12H2,1-2H3/t15-,16+/m1/s1. The molecule has 1 aromatic carbocycles. The quantitative estimate of drug-likeness (QED) is 0.781. The third-order valence-electron chi connectivity index (χ3n) is 5.40. The number of hydrogen-bond donors (Lipinski definition) is 0. The summed E-state index contributed by atoms with van der Waals surface area (Å²) in [4.78, 5) is 29.6. The second-order valence-corrected chi connectivity index (χ2v) is 7.48. The topological polar surface area (TPSA) is 59.1 Å². The van der Waals surface area contributed by atoms with E-state index in [1.165, 1.54) is 5.57 Å². The highest BCUT2D eigenvalue weighted by atomic mass is 16.7. The zero-order valence-corrected chi connectivity index (χ0v) is 15.2. The predicted octanol–water partition coefficient (Wildman–Crippen LogP) is 2.44. The minimum Gasteiger partial charge on any atom is -0.454 e. The Morgan fingerprint density at radius 3 is 2.81 bits per heavy atom. The summed E-state index contributed by atoms with van der Waals surface area (Å²) in [6.45, 7) is 5.98. The molecule has 2 atom stereocenters. The molecular weight excluding hydrogens is 332 g/mol. The molecule has 5 rings (SSSR count). The van der Waals surface area contributed by atoms with Gasteiger partial charge in [-0.15, -0.1) is 0 Å². The molecule has 0 saturated carbocycles. The summed E-state index contributed by atoms with van der Waals surface area (Å²) in [5.41, 5.74) is 1.78. The summed E-state index contributed by atoms with van der Waals surface area (Å²) in [5, 5.41) is 0. The number of carbonyl (C=O) groups excluding carboxylic acids is 2. The van der Waals surface area contributed by atoms with Gasteiger partial charge < -0.3 is 19.3 Å². The molecule has 6 heteroatoms. The van der Waals surface area contributed by atoms with Gasteiger partial charge in [0.15, 0.2) is 11.5 Å². The molecular formula is C20H24N2O4. The van der Waals surface area contributed by atoms with E-state index in [2.05, 4.69) is 6.08 Å². The third-order valence-corrected chi connectivity index (χ3v) is 5.40. The molecule has 4 aliphatic rings. The molecule has 0 N–H and O–H groups in total. The molecule has 2 amide bonds. The second kappa shape index (κ2) is 6.67. The van der Waals surface area contributed by atoms with E-state index in [0.717, 1.165) is 12.8 Å². The Balaban J connectivity index is 1.54. The van der Waals surface area contributed by atoms with Gasteiger partial charge in [-0.05, 0) is 44.9 Å². The zero-order chi connectivity index (χ0) is 18.3. The Morgan fingerprint density at radius 1 is 1.19 bits per heavy atom. The maximum Gasteiger partial charge on any atom is 0.254 e. The molecule has 0 radical (unpaired) electrons. The molecule has 3 saturated heterocycles. The van der Waals surface area contributed by atoms with E-state index in [4.69, 9.17) is 9.47 Å². The van der Waals surface area contributed by atoms with Gasteiger partial charge in [-0.3, -0.25) is 9.59 Å². The number of amides is 2. The monoisotopic (exact) mass is 356 g/mol. The minimum atomic E-state index is -0.0997. The van der Waals surface area contributed by atoms with Crippen molar-refractivity contribution in [2.24, 2.45) is 5.92 Å². The Bertz CT molecular complexity index is 769. The third kappa shape index (κ3) is 3.04. The lowest BCUT2D eigenvalue weighted by atomic mass is 9.94. The van der Waals surface area contributed by atoms with Crippen LogP contribution in [0.1, 0.15) is 37.0 Å². The van der Waals surface area contributed by atoms with E-state index in [1.807, 2.05) is 23.6 Å². The van der Waals surface area contributed by atoms with Crippen LogP contribution in [-0.2, 0) is 4.79 Å². The van der Waals surface area contributed by atoms with Crippen LogP contribution in [0.4, 0.5) is 0 Å². The van der Waals surface area contributed by atoms with Gasteiger partial charge in [0.25, 0.3) is 5.91 Å². The van der Waals surface area contributed by atoms with Gasteiger partial charge in [0.2, 0.25) is 12.7 Å². The van der Waals surface area contributed by atoms with E-state index in [1.54, 1.807) is 18.2 Å². The molecule has 1 aromatic rings. The van der Waals surface area contributed by atoms with Crippen LogP contribution >= 0.6 is 0 Å². The summed E-state index contributed by atoms with van der Waals surface area (Å²) in [7, 11) is 0. The lowest BCUT2D eigenvalue weighted by Crippen LogP contribution is -2.48. The molecule has 3 fully saturated rings. The normalized spacial score (nSPS) is 23.8. The van der Waals surface area contributed by atoms with E-state index in [0.29, 0.717) is 36.7 Å². The first-order valence-corrected chi connectivity index (χ1v) is 9.15. The number of carbonyl (C=O) groups is 2. The highest BCUT2D eigenvalue weighted by Crippen LogP contribution is 2.34. The van der Waals surface area contributed by atoms with Gasteiger partial charge in [0.05, 0.1) is 5.92 Å². The molecule has 0 aliphatic carbocycles. The van der Waals surface area contributed by atoms with Crippen molar-refractivity contribution in [1.29, 1.82) is 0 Å². The summed E-state index contributed by atoms with van der Waals surface area (Å²) in [6.07, 6.45) is 3.90. The number of ether oxygens (including phenoxy) is 2. The maximum absolute atomic E-state index is 13.0. The smallest absolute Gasteiger partial charge is 0.254 e. The molecule has 138 valence electrons. The second-order valence-electron chi connectivity index (χ2n) is 7.48. The van der Waals surface area contributed by atoms with Crippen molar-refractivity contribution < 1.29 is 19.1 Å². The largest absolute Gasteiger partial charge is 0.454 e. The summed E-state index contributed by atoms with van der Waals surface area (Å²) < 4.78 is 10.7. The predicted molar refractivity (Wildman–Crippen MR) is 96.1 cm³/mol. The molecule has 0 spiro atoms. The number of piperidine rings is 1. The highest BCUT2D eigenvalue weighted by molar-refractivity contribution is 5.95. The van der Waals surface area contributed by atoms with Gasteiger partial charge in [0, 0.05) is 31.2 Å². The molecule has 0 unspecified atom stereocenters. The van der Waals surface area contributed by atoms with Crippen LogP contribution in [0.25, 0.3) is 0 Å². The molecule has 4 aliphatic heterocycles. The van der Waals surface area contributed by atoms with Gasteiger partial charge in [-0.2, -0.15) is 0 Å². The first-order valence-electron chi connectivity index (χ1n) is 9.15. The van der Waals surface area contributed by atoms with Gasteiger partial charge >= 0.3 is 0 Å². The Morgan fingerprint density at radius 2 is 2.00 bits per heavy atom. The van der Waals surface area contributed by atoms with Crippen LogP contribution in [0.3, 0.4) is 0 Å². The maximum atomic E-state index is 13.0. The fraction of sp³-hybridized carbons (Fsp3) is 0.500. The van der Waals surface area contributed by atoms with E-state index < -0.39 is 0 Å². The van der Waals surface area contributed by atoms with Crippen molar-refractivity contribution in [1.82, 2.24) is 9.80 Å². The van der Waals surface area contributed by atoms with E-state index in [9.17, 15) is 9.59 Å². The number of fused-ring (bicyclic) bond motifs is 5. The SMILES string of the molecule is CC(C)=CCN1C(=O)[C@@H]2CC[C@H]1CN(C(=O)c1ccc3c(c1)OCO3)C2. The lowest BCUT2D eigenvalue weighted by molar-refractivity contribution is -0.139. The fourth-order valence-electron chi connectivity index (χ4n) is 3.94. The minimum absolute atomic E-state index is 0.0444. The van der Waals surface area contributed by atoms with Crippen molar-refractivity contribution in [2.45, 2.75) is 32.7 Å². The van der Waals surface area contributed by atoms with Crippen LogP contribution in [0.5, 0.6) is 11.5 Å². The fourth-order valence-corrected chi connectivity index (χ4v) is 3.94. The first-order chi connectivity index (χ1) is 12.5. The van der Waals surface area contributed by atoms with Crippen molar-refractivity contribution in [2.75, 3.05) is 26.4 Å². The van der Waals surface area contributed by atoms with Crippen LogP contribution in [0, 0.1) is 5.92 Å². The number of benzene rings is 1. The summed E-state index contributed by atoms with van der Waals surface area (Å²) in [6, 6.07) is 5.37. The Labute approximate surface area is 153 Å². The van der Waals surface area contributed by atoms with Crippen LogP contribution in [0.2, 0.25) is 0 Å². The van der Waals surface area contributed by atoms with E-state index in [-0.39, 0.29) is 30.6 Å². The van der Waals surface area contributed by atoms with Crippen LogP contribution in [-0.4, -0.2) is 54.1 Å².